The van der Waals surface area contributed by atoms with Gasteiger partial charge in [-0.15, -0.1) is 0 Å². The molecule has 2 nitrogen and oxygen atoms in total. The Morgan fingerprint density at radius 1 is 1.19 bits per heavy atom. The highest BCUT2D eigenvalue weighted by Gasteiger charge is 2.22. The van der Waals surface area contributed by atoms with Crippen LogP contribution in [0.4, 0.5) is 0 Å². The SMILES string of the molecule is O=C(CCC1CCCNC1)CC1CCCc2ccccc21. The molecular weight excluding hydrogens is 258 g/mol. The van der Waals surface area contributed by atoms with Crippen LogP contribution in [-0.2, 0) is 11.2 Å². The van der Waals surface area contributed by atoms with Crippen LogP contribution in [0.25, 0.3) is 0 Å². The summed E-state index contributed by atoms with van der Waals surface area (Å²) in [4.78, 5) is 12.3. The number of piperidine rings is 1. The summed E-state index contributed by atoms with van der Waals surface area (Å²) in [7, 11) is 0. The Balaban J connectivity index is 1.51. The Hall–Kier alpha value is -1.15. The van der Waals surface area contributed by atoms with Crippen LogP contribution in [-0.4, -0.2) is 18.9 Å². The summed E-state index contributed by atoms with van der Waals surface area (Å²) in [6.07, 6.45) is 8.81. The fourth-order valence-electron chi connectivity index (χ4n) is 3.98. The molecule has 114 valence electrons. The molecule has 1 aliphatic carbocycles. The lowest BCUT2D eigenvalue weighted by molar-refractivity contribution is -0.119. The van der Waals surface area contributed by atoms with Gasteiger partial charge in [0.1, 0.15) is 5.78 Å². The summed E-state index contributed by atoms with van der Waals surface area (Å²) in [5.74, 6) is 1.68. The zero-order valence-corrected chi connectivity index (χ0v) is 12.9. The van der Waals surface area contributed by atoms with Gasteiger partial charge in [-0.3, -0.25) is 4.79 Å². The summed E-state index contributed by atoms with van der Waals surface area (Å²) < 4.78 is 0. The second kappa shape index (κ2) is 7.22. The number of rotatable bonds is 5. The molecule has 2 unspecified atom stereocenters. The number of carbonyl (C=O) groups excluding carboxylic acids is 1. The largest absolute Gasteiger partial charge is 0.316 e. The summed E-state index contributed by atoms with van der Waals surface area (Å²) in [5.41, 5.74) is 2.91. The molecule has 1 aromatic rings. The van der Waals surface area contributed by atoms with Crippen molar-refractivity contribution in [3.8, 4) is 0 Å². The summed E-state index contributed by atoms with van der Waals surface area (Å²) in [6.45, 7) is 2.27. The van der Waals surface area contributed by atoms with Gasteiger partial charge in [0.2, 0.25) is 0 Å². The molecule has 0 bridgehead atoms. The summed E-state index contributed by atoms with van der Waals surface area (Å²) in [5, 5.41) is 3.44. The first-order valence-electron chi connectivity index (χ1n) is 8.63. The molecule has 21 heavy (non-hydrogen) atoms. The van der Waals surface area contributed by atoms with Crippen LogP contribution >= 0.6 is 0 Å². The molecule has 0 amide bonds. The van der Waals surface area contributed by atoms with Crippen molar-refractivity contribution in [1.82, 2.24) is 5.32 Å². The quantitative estimate of drug-likeness (QED) is 0.890. The number of fused-ring (bicyclic) bond motifs is 1. The van der Waals surface area contributed by atoms with Gasteiger partial charge in [-0.25, -0.2) is 0 Å². The number of benzene rings is 1. The number of carbonyl (C=O) groups is 1. The van der Waals surface area contributed by atoms with Crippen molar-refractivity contribution >= 4 is 5.78 Å². The van der Waals surface area contributed by atoms with E-state index in [1.165, 1.54) is 43.2 Å². The number of hydrogen-bond donors (Lipinski definition) is 1. The molecular formula is C19H27NO. The first kappa shape index (κ1) is 14.8. The van der Waals surface area contributed by atoms with Gasteiger partial charge in [0.25, 0.3) is 0 Å². The van der Waals surface area contributed by atoms with Crippen molar-refractivity contribution in [2.24, 2.45) is 5.92 Å². The molecule has 1 saturated heterocycles. The number of Topliss-reactive ketones (excluding diaryl/α,β-unsaturated/α-hetero) is 1. The molecule has 2 heteroatoms. The third kappa shape index (κ3) is 3.94. The average molecular weight is 285 g/mol. The van der Waals surface area contributed by atoms with Gasteiger partial charge in [-0.2, -0.15) is 0 Å². The van der Waals surface area contributed by atoms with E-state index in [1.807, 2.05) is 0 Å². The number of hydrogen-bond acceptors (Lipinski definition) is 2. The van der Waals surface area contributed by atoms with E-state index in [0.717, 1.165) is 38.3 Å². The van der Waals surface area contributed by atoms with Crippen molar-refractivity contribution in [2.45, 2.75) is 57.3 Å². The zero-order chi connectivity index (χ0) is 14.5. The maximum absolute atomic E-state index is 12.3. The minimum atomic E-state index is 0.474. The lowest BCUT2D eigenvalue weighted by Gasteiger charge is -2.26. The van der Waals surface area contributed by atoms with Crippen LogP contribution in [0.5, 0.6) is 0 Å². The van der Waals surface area contributed by atoms with Crippen molar-refractivity contribution in [3.63, 3.8) is 0 Å². The highest BCUT2D eigenvalue weighted by molar-refractivity contribution is 5.79. The maximum Gasteiger partial charge on any atom is 0.133 e. The number of ketones is 1. The Bertz CT molecular complexity index is 476. The minimum absolute atomic E-state index is 0.474. The van der Waals surface area contributed by atoms with Crippen LogP contribution in [0.3, 0.4) is 0 Å². The van der Waals surface area contributed by atoms with Gasteiger partial charge in [0.15, 0.2) is 0 Å². The fraction of sp³-hybridized carbons (Fsp3) is 0.632. The van der Waals surface area contributed by atoms with Gasteiger partial charge in [-0.05, 0) is 74.6 Å². The molecule has 1 N–H and O–H groups in total. The molecule has 2 atom stereocenters. The smallest absolute Gasteiger partial charge is 0.133 e. The van der Waals surface area contributed by atoms with E-state index in [4.69, 9.17) is 0 Å². The molecule has 0 aromatic heterocycles. The van der Waals surface area contributed by atoms with Crippen molar-refractivity contribution in [2.75, 3.05) is 13.1 Å². The molecule has 0 radical (unpaired) electrons. The second-order valence-corrected chi connectivity index (χ2v) is 6.78. The molecule has 1 heterocycles. The number of nitrogens with one attached hydrogen (secondary N) is 1. The van der Waals surface area contributed by atoms with E-state index in [9.17, 15) is 4.79 Å². The predicted molar refractivity (Wildman–Crippen MR) is 86.6 cm³/mol. The van der Waals surface area contributed by atoms with Gasteiger partial charge in [-0.1, -0.05) is 24.3 Å². The van der Waals surface area contributed by atoms with Crippen LogP contribution in [0, 0.1) is 5.92 Å². The van der Waals surface area contributed by atoms with E-state index in [-0.39, 0.29) is 0 Å². The predicted octanol–water partition coefficient (Wildman–Crippen LogP) is 3.85. The maximum atomic E-state index is 12.3. The average Bonchev–Trinajstić information content (AvgIpc) is 2.54. The highest BCUT2D eigenvalue weighted by Crippen LogP contribution is 2.34. The molecule has 1 fully saturated rings. The van der Waals surface area contributed by atoms with E-state index >= 15 is 0 Å². The van der Waals surface area contributed by atoms with E-state index in [0.29, 0.717) is 11.7 Å². The topological polar surface area (TPSA) is 29.1 Å². The van der Waals surface area contributed by atoms with E-state index in [1.54, 1.807) is 0 Å². The van der Waals surface area contributed by atoms with Crippen LogP contribution < -0.4 is 5.32 Å². The van der Waals surface area contributed by atoms with Gasteiger partial charge in [0.05, 0.1) is 0 Å². The lowest BCUT2D eigenvalue weighted by atomic mass is 9.79. The van der Waals surface area contributed by atoms with Crippen LogP contribution in [0.2, 0.25) is 0 Å². The lowest BCUT2D eigenvalue weighted by Crippen LogP contribution is -2.30. The van der Waals surface area contributed by atoms with Gasteiger partial charge >= 0.3 is 0 Å². The van der Waals surface area contributed by atoms with Crippen LogP contribution in [0.1, 0.15) is 62.0 Å². The standard InChI is InChI=1S/C19H27NO/c21-18(11-10-15-5-4-12-20-14-15)13-17-8-3-7-16-6-1-2-9-19(16)17/h1-2,6,9,15,17,20H,3-5,7-8,10-14H2. The minimum Gasteiger partial charge on any atom is -0.316 e. The normalized spacial score (nSPS) is 25.3. The van der Waals surface area contributed by atoms with E-state index in [2.05, 4.69) is 29.6 Å². The zero-order valence-electron chi connectivity index (χ0n) is 12.9. The number of aryl methyl sites for hydroxylation is 1. The summed E-state index contributed by atoms with van der Waals surface area (Å²) in [6, 6.07) is 8.71. The second-order valence-electron chi connectivity index (χ2n) is 6.78. The highest BCUT2D eigenvalue weighted by atomic mass is 16.1. The van der Waals surface area contributed by atoms with E-state index < -0.39 is 0 Å². The first-order valence-corrected chi connectivity index (χ1v) is 8.63. The molecule has 2 aliphatic rings. The molecule has 1 aromatic carbocycles. The molecule has 3 rings (SSSR count). The molecule has 1 aliphatic heterocycles. The van der Waals surface area contributed by atoms with Crippen LogP contribution in [0.15, 0.2) is 24.3 Å². The third-order valence-electron chi connectivity index (χ3n) is 5.20. The van der Waals surface area contributed by atoms with Crippen molar-refractivity contribution in [1.29, 1.82) is 0 Å². The van der Waals surface area contributed by atoms with Gasteiger partial charge in [0, 0.05) is 12.8 Å². The van der Waals surface area contributed by atoms with Crippen molar-refractivity contribution < 1.29 is 4.79 Å². The summed E-state index contributed by atoms with van der Waals surface area (Å²) >= 11 is 0. The Morgan fingerprint density at radius 3 is 2.95 bits per heavy atom. The fourth-order valence-corrected chi connectivity index (χ4v) is 3.98. The third-order valence-corrected chi connectivity index (χ3v) is 5.20. The molecule has 0 saturated carbocycles. The van der Waals surface area contributed by atoms with Crippen molar-refractivity contribution in [3.05, 3.63) is 35.4 Å². The Morgan fingerprint density at radius 2 is 2.10 bits per heavy atom. The molecule has 0 spiro atoms. The monoisotopic (exact) mass is 285 g/mol. The first-order chi connectivity index (χ1) is 10.3. The van der Waals surface area contributed by atoms with Gasteiger partial charge < -0.3 is 5.32 Å². The Kier molecular flexibility index (Phi) is 5.08. The Labute approximate surface area is 128 Å².